The molecule has 0 aliphatic carbocycles. The van der Waals surface area contributed by atoms with Crippen LogP contribution in [0.5, 0.6) is 17.6 Å². The maximum atomic E-state index is 12.0. The molecule has 0 radical (unpaired) electrons. The molecular weight excluding hydrogens is 324 g/mol. The van der Waals surface area contributed by atoms with E-state index in [0.29, 0.717) is 29.6 Å². The van der Waals surface area contributed by atoms with E-state index in [4.69, 9.17) is 14.2 Å². The van der Waals surface area contributed by atoms with Crippen molar-refractivity contribution in [2.75, 3.05) is 14.2 Å². The van der Waals surface area contributed by atoms with Crippen molar-refractivity contribution in [3.8, 4) is 17.6 Å². The Balaban J connectivity index is 2.22. The number of ether oxygens (including phenoxy) is 3. The third kappa shape index (κ3) is 5.59. The molecule has 0 fully saturated rings. The zero-order valence-corrected chi connectivity index (χ0v) is 15.0. The van der Waals surface area contributed by atoms with E-state index < -0.39 is 11.6 Å². The normalized spacial score (nSPS) is 10.9. The molecule has 2 aromatic heterocycles. The van der Waals surface area contributed by atoms with E-state index in [1.54, 1.807) is 24.4 Å². The number of amides is 1. The fourth-order valence-electron chi connectivity index (χ4n) is 1.98. The fraction of sp³-hybridized carbons (Fsp3) is 0.412. The van der Waals surface area contributed by atoms with Crippen LogP contribution in [0.15, 0.2) is 24.4 Å². The molecule has 2 rings (SSSR count). The minimum Gasteiger partial charge on any atom is -0.481 e. The minimum absolute atomic E-state index is 0.203. The van der Waals surface area contributed by atoms with Crippen molar-refractivity contribution >= 4 is 6.09 Å². The molecule has 0 unspecified atom stereocenters. The molecule has 0 aromatic carbocycles. The van der Waals surface area contributed by atoms with E-state index in [2.05, 4.69) is 20.3 Å². The molecule has 2 aromatic rings. The van der Waals surface area contributed by atoms with Gasteiger partial charge in [-0.3, -0.25) is 0 Å². The number of pyridine rings is 1. The van der Waals surface area contributed by atoms with E-state index in [1.807, 2.05) is 20.8 Å². The number of aromatic nitrogens is 3. The molecule has 25 heavy (non-hydrogen) atoms. The predicted octanol–water partition coefficient (Wildman–Crippen LogP) is 2.37. The summed E-state index contributed by atoms with van der Waals surface area (Å²) in [6.45, 7) is 5.60. The third-order valence-corrected chi connectivity index (χ3v) is 3.01. The van der Waals surface area contributed by atoms with Crippen molar-refractivity contribution in [2.45, 2.75) is 32.7 Å². The van der Waals surface area contributed by atoms with Gasteiger partial charge >= 0.3 is 6.09 Å². The van der Waals surface area contributed by atoms with Gasteiger partial charge in [-0.15, -0.1) is 0 Å². The first kappa shape index (κ1) is 18.4. The number of methoxy groups -OCH3 is 2. The zero-order valence-electron chi connectivity index (χ0n) is 15.0. The molecule has 134 valence electrons. The standard InChI is InChI=1S/C17H22N4O4/c1-17(2,3)21-16(22)25-15-11(7-6-8-18-15)9-12-19-13(23-4)10-14(20-12)24-5/h6-8,10H,9H2,1-5H3,(H,21,22). The van der Waals surface area contributed by atoms with Crippen LogP contribution in [0.3, 0.4) is 0 Å². The summed E-state index contributed by atoms with van der Waals surface area (Å²) in [7, 11) is 3.03. The Bertz CT molecular complexity index is 721. The van der Waals surface area contributed by atoms with Crippen LogP contribution < -0.4 is 19.5 Å². The van der Waals surface area contributed by atoms with Gasteiger partial charge in [0.05, 0.1) is 20.3 Å². The van der Waals surface area contributed by atoms with Crippen LogP contribution in [-0.4, -0.2) is 40.8 Å². The van der Waals surface area contributed by atoms with Crippen molar-refractivity contribution < 1.29 is 19.0 Å². The molecule has 1 amide bonds. The number of rotatable bonds is 5. The fourth-order valence-corrected chi connectivity index (χ4v) is 1.98. The Morgan fingerprint density at radius 2 is 1.80 bits per heavy atom. The highest BCUT2D eigenvalue weighted by Crippen LogP contribution is 2.21. The monoisotopic (exact) mass is 346 g/mol. The Morgan fingerprint density at radius 1 is 1.16 bits per heavy atom. The maximum absolute atomic E-state index is 12.0. The van der Waals surface area contributed by atoms with Crippen LogP contribution in [0, 0.1) is 0 Å². The summed E-state index contributed by atoms with van der Waals surface area (Å²) >= 11 is 0. The van der Waals surface area contributed by atoms with E-state index in [1.165, 1.54) is 14.2 Å². The van der Waals surface area contributed by atoms with Gasteiger partial charge in [-0.05, 0) is 26.8 Å². The lowest BCUT2D eigenvalue weighted by Gasteiger charge is -2.20. The summed E-state index contributed by atoms with van der Waals surface area (Å²) in [5.41, 5.74) is 0.261. The number of nitrogens with one attached hydrogen (secondary N) is 1. The zero-order chi connectivity index (χ0) is 18.4. The lowest BCUT2D eigenvalue weighted by Crippen LogP contribution is -2.42. The van der Waals surface area contributed by atoms with E-state index >= 15 is 0 Å². The molecular formula is C17H22N4O4. The Hall–Kier alpha value is -2.90. The van der Waals surface area contributed by atoms with Crippen molar-refractivity contribution in [3.05, 3.63) is 35.8 Å². The first-order chi connectivity index (χ1) is 11.8. The largest absolute Gasteiger partial charge is 0.481 e. The molecule has 0 saturated heterocycles. The average Bonchev–Trinajstić information content (AvgIpc) is 2.54. The second-order valence-electron chi connectivity index (χ2n) is 6.28. The first-order valence-electron chi connectivity index (χ1n) is 7.70. The van der Waals surface area contributed by atoms with E-state index in [9.17, 15) is 4.79 Å². The second-order valence-corrected chi connectivity index (χ2v) is 6.28. The minimum atomic E-state index is -0.573. The molecule has 2 heterocycles. The van der Waals surface area contributed by atoms with Gasteiger partial charge in [0.2, 0.25) is 17.6 Å². The molecule has 8 heteroatoms. The summed E-state index contributed by atoms with van der Waals surface area (Å²) in [6.07, 6.45) is 1.28. The summed E-state index contributed by atoms with van der Waals surface area (Å²) in [5.74, 6) is 1.44. The van der Waals surface area contributed by atoms with E-state index in [0.717, 1.165) is 0 Å². The van der Waals surface area contributed by atoms with Gasteiger partial charge < -0.3 is 19.5 Å². The predicted molar refractivity (Wildman–Crippen MR) is 91.1 cm³/mol. The second kappa shape index (κ2) is 7.78. The molecule has 0 bridgehead atoms. The third-order valence-electron chi connectivity index (χ3n) is 3.01. The number of carbonyl (C=O) groups is 1. The quantitative estimate of drug-likeness (QED) is 0.888. The SMILES string of the molecule is COc1cc(OC)nc(Cc2cccnc2OC(=O)NC(C)(C)C)n1. The summed E-state index contributed by atoms with van der Waals surface area (Å²) < 4.78 is 15.6. The van der Waals surface area contributed by atoms with Gasteiger partial charge in [-0.25, -0.2) is 9.78 Å². The highest BCUT2D eigenvalue weighted by atomic mass is 16.6. The Labute approximate surface area is 146 Å². The molecule has 1 N–H and O–H groups in total. The van der Waals surface area contributed by atoms with Crippen molar-refractivity contribution in [1.29, 1.82) is 0 Å². The molecule has 0 spiro atoms. The van der Waals surface area contributed by atoms with Crippen LogP contribution >= 0.6 is 0 Å². The summed E-state index contributed by atoms with van der Waals surface area (Å²) in [6, 6.07) is 5.13. The lowest BCUT2D eigenvalue weighted by atomic mass is 10.1. The van der Waals surface area contributed by atoms with Gasteiger partial charge in [0.15, 0.2) is 0 Å². The van der Waals surface area contributed by atoms with Crippen molar-refractivity contribution in [2.24, 2.45) is 0 Å². The summed E-state index contributed by atoms with van der Waals surface area (Å²) in [5, 5.41) is 2.72. The molecule has 0 aliphatic heterocycles. The van der Waals surface area contributed by atoms with Crippen molar-refractivity contribution in [3.63, 3.8) is 0 Å². The lowest BCUT2D eigenvalue weighted by molar-refractivity contribution is 0.188. The average molecular weight is 346 g/mol. The number of nitrogens with zero attached hydrogens (tertiary/aromatic N) is 3. The van der Waals surface area contributed by atoms with Gasteiger partial charge in [0, 0.05) is 23.7 Å². The molecule has 0 atom stereocenters. The van der Waals surface area contributed by atoms with Gasteiger partial charge in [0.1, 0.15) is 5.82 Å². The first-order valence-corrected chi connectivity index (χ1v) is 7.70. The van der Waals surface area contributed by atoms with Crippen molar-refractivity contribution in [1.82, 2.24) is 20.3 Å². The molecule has 0 saturated carbocycles. The molecule has 8 nitrogen and oxygen atoms in total. The number of carbonyl (C=O) groups excluding carboxylic acids is 1. The van der Waals surface area contributed by atoms with Gasteiger partial charge in [-0.1, -0.05) is 6.07 Å². The highest BCUT2D eigenvalue weighted by molar-refractivity contribution is 5.71. The Kier molecular flexibility index (Phi) is 5.74. The summed E-state index contributed by atoms with van der Waals surface area (Å²) in [4.78, 5) is 24.7. The smallest absolute Gasteiger partial charge is 0.414 e. The number of hydrogen-bond donors (Lipinski definition) is 1. The van der Waals surface area contributed by atoms with Crippen LogP contribution in [-0.2, 0) is 6.42 Å². The molecule has 0 aliphatic rings. The topological polar surface area (TPSA) is 95.5 Å². The maximum Gasteiger partial charge on any atom is 0.414 e. The van der Waals surface area contributed by atoms with Crippen LogP contribution in [0.25, 0.3) is 0 Å². The highest BCUT2D eigenvalue weighted by Gasteiger charge is 2.18. The van der Waals surface area contributed by atoms with E-state index in [-0.39, 0.29) is 5.88 Å². The number of hydrogen-bond acceptors (Lipinski definition) is 7. The Morgan fingerprint density at radius 3 is 2.36 bits per heavy atom. The van der Waals surface area contributed by atoms with Gasteiger partial charge in [0.25, 0.3) is 0 Å². The van der Waals surface area contributed by atoms with Crippen LogP contribution in [0.4, 0.5) is 4.79 Å². The van der Waals surface area contributed by atoms with Crippen LogP contribution in [0.1, 0.15) is 32.2 Å². The van der Waals surface area contributed by atoms with Crippen LogP contribution in [0.2, 0.25) is 0 Å². The van der Waals surface area contributed by atoms with Gasteiger partial charge in [-0.2, -0.15) is 9.97 Å².